The van der Waals surface area contributed by atoms with Crippen molar-refractivity contribution in [1.29, 1.82) is 0 Å². The molecule has 0 heterocycles. The first-order valence-corrected chi connectivity index (χ1v) is 7.97. The maximum atomic E-state index is 2.31. The van der Waals surface area contributed by atoms with Crippen molar-refractivity contribution in [2.75, 3.05) is 18.5 Å². The van der Waals surface area contributed by atoms with Crippen molar-refractivity contribution in [3.05, 3.63) is 0 Å². The summed E-state index contributed by atoms with van der Waals surface area (Å²) in [5.74, 6) is 0. The van der Waals surface area contributed by atoms with Crippen LogP contribution in [0.5, 0.6) is 0 Å². The van der Waals surface area contributed by atoms with Crippen LogP contribution in [0.4, 0.5) is 0 Å². The molecule has 0 rings (SSSR count). The van der Waals surface area contributed by atoms with Crippen molar-refractivity contribution in [3.8, 4) is 0 Å². The summed E-state index contributed by atoms with van der Waals surface area (Å²) in [7, 11) is 0.422. The number of rotatable bonds is 9. The van der Waals surface area contributed by atoms with Gasteiger partial charge in [0.05, 0.1) is 0 Å². The molecule has 0 saturated heterocycles. The second-order valence-electron chi connectivity index (χ2n) is 3.90. The Hall–Kier alpha value is 0.780. The van der Waals surface area contributed by atoms with Gasteiger partial charge in [0.25, 0.3) is 0 Å². The zero-order chi connectivity index (χ0) is 9.94. The SMILES string of the molecule is CCCCP(CCCC)CCCC.S. The van der Waals surface area contributed by atoms with Gasteiger partial charge < -0.3 is 0 Å². The minimum Gasteiger partial charge on any atom is -0.197 e. The molecule has 0 saturated carbocycles. The molecule has 0 nitrogen and oxygen atoms in total. The first-order chi connectivity index (χ1) is 6.35. The molecule has 0 aliphatic rings. The van der Waals surface area contributed by atoms with Crippen molar-refractivity contribution in [2.24, 2.45) is 0 Å². The van der Waals surface area contributed by atoms with Crippen molar-refractivity contribution in [3.63, 3.8) is 0 Å². The van der Waals surface area contributed by atoms with Crippen LogP contribution in [0.15, 0.2) is 0 Å². The third kappa shape index (κ3) is 10.9. The molecular formula is C12H29PS. The van der Waals surface area contributed by atoms with E-state index in [2.05, 4.69) is 20.8 Å². The van der Waals surface area contributed by atoms with Crippen molar-refractivity contribution < 1.29 is 0 Å². The lowest BCUT2D eigenvalue weighted by Crippen LogP contribution is -1.95. The molecule has 0 bridgehead atoms. The lowest BCUT2D eigenvalue weighted by atomic mass is 10.4. The van der Waals surface area contributed by atoms with Crippen LogP contribution >= 0.6 is 21.4 Å². The van der Waals surface area contributed by atoms with Crippen LogP contribution in [0, 0.1) is 0 Å². The predicted molar refractivity (Wildman–Crippen MR) is 76.6 cm³/mol. The summed E-state index contributed by atoms with van der Waals surface area (Å²) in [6, 6.07) is 0. The second-order valence-corrected chi connectivity index (χ2v) is 6.59. The molecule has 0 spiro atoms. The molecule has 0 amide bonds. The van der Waals surface area contributed by atoms with E-state index >= 15 is 0 Å². The van der Waals surface area contributed by atoms with Crippen LogP contribution in [-0.4, -0.2) is 18.5 Å². The van der Waals surface area contributed by atoms with E-state index in [4.69, 9.17) is 0 Å². The molecule has 0 N–H and O–H groups in total. The highest BCUT2D eigenvalue weighted by atomic mass is 32.1. The van der Waals surface area contributed by atoms with Gasteiger partial charge in [0.15, 0.2) is 0 Å². The highest BCUT2D eigenvalue weighted by molar-refractivity contribution is 7.59. The summed E-state index contributed by atoms with van der Waals surface area (Å²) in [5, 5.41) is 0. The Kier molecular flexibility index (Phi) is 16.9. The van der Waals surface area contributed by atoms with Gasteiger partial charge in [-0.15, -0.1) is 7.92 Å². The minimum atomic E-state index is 0. The van der Waals surface area contributed by atoms with Crippen LogP contribution in [0.2, 0.25) is 0 Å². The Labute approximate surface area is 99.4 Å². The van der Waals surface area contributed by atoms with E-state index in [1.165, 1.54) is 38.5 Å². The van der Waals surface area contributed by atoms with Crippen LogP contribution in [0.1, 0.15) is 59.3 Å². The third-order valence-corrected chi connectivity index (χ3v) is 5.33. The third-order valence-electron chi connectivity index (χ3n) is 2.48. The summed E-state index contributed by atoms with van der Waals surface area (Å²) in [4.78, 5) is 0. The van der Waals surface area contributed by atoms with E-state index in [9.17, 15) is 0 Å². The smallest absolute Gasteiger partial charge is 0.0326 e. The fourth-order valence-corrected chi connectivity index (χ4v) is 4.44. The van der Waals surface area contributed by atoms with E-state index in [0.717, 1.165) is 0 Å². The van der Waals surface area contributed by atoms with Gasteiger partial charge in [-0.3, -0.25) is 0 Å². The lowest BCUT2D eigenvalue weighted by Gasteiger charge is -2.16. The summed E-state index contributed by atoms with van der Waals surface area (Å²) < 4.78 is 0. The normalized spacial score (nSPS) is 10.3. The number of hydrogen-bond donors (Lipinski definition) is 0. The molecule has 0 aromatic rings. The zero-order valence-electron chi connectivity index (χ0n) is 10.3. The van der Waals surface area contributed by atoms with Gasteiger partial charge >= 0.3 is 0 Å². The molecule has 0 radical (unpaired) electrons. The first-order valence-electron chi connectivity index (χ1n) is 6.07. The molecule has 0 aromatic carbocycles. The van der Waals surface area contributed by atoms with Gasteiger partial charge in [-0.05, 0) is 37.7 Å². The largest absolute Gasteiger partial charge is 0.197 e. The van der Waals surface area contributed by atoms with Gasteiger partial charge in [0.2, 0.25) is 0 Å². The highest BCUT2D eigenvalue weighted by Gasteiger charge is 2.05. The molecule has 0 atom stereocenters. The van der Waals surface area contributed by atoms with E-state index in [1.54, 1.807) is 18.5 Å². The average molecular weight is 236 g/mol. The fraction of sp³-hybridized carbons (Fsp3) is 1.00. The Morgan fingerprint density at radius 3 is 1.14 bits per heavy atom. The molecule has 0 aromatic heterocycles. The predicted octanol–water partition coefficient (Wildman–Crippen LogP) is 4.98. The summed E-state index contributed by atoms with van der Waals surface area (Å²) in [6.07, 6.45) is 13.2. The molecule has 0 aliphatic carbocycles. The number of unbranched alkanes of at least 4 members (excludes halogenated alkanes) is 3. The maximum absolute atomic E-state index is 2.31. The van der Waals surface area contributed by atoms with Gasteiger partial charge in [0, 0.05) is 0 Å². The van der Waals surface area contributed by atoms with Gasteiger partial charge in [-0.1, -0.05) is 40.0 Å². The Bertz CT molecular complexity index is 77.3. The van der Waals surface area contributed by atoms with Crippen molar-refractivity contribution in [1.82, 2.24) is 0 Å². The lowest BCUT2D eigenvalue weighted by molar-refractivity contribution is 0.847. The van der Waals surface area contributed by atoms with E-state index < -0.39 is 0 Å². The standard InChI is InChI=1S/C12H27P.H2S/c1-4-7-10-13(11-8-5-2)12-9-6-3;/h4-12H2,1-3H3;1H2. The second kappa shape index (κ2) is 13.8. The first kappa shape index (κ1) is 17.2. The molecule has 14 heavy (non-hydrogen) atoms. The van der Waals surface area contributed by atoms with E-state index in [-0.39, 0.29) is 13.5 Å². The molecule has 0 aliphatic heterocycles. The Morgan fingerprint density at radius 1 is 0.643 bits per heavy atom. The number of hydrogen-bond acceptors (Lipinski definition) is 0. The molecule has 2 heteroatoms. The Morgan fingerprint density at radius 2 is 0.929 bits per heavy atom. The zero-order valence-corrected chi connectivity index (χ0v) is 12.2. The van der Waals surface area contributed by atoms with E-state index in [1.807, 2.05) is 0 Å². The summed E-state index contributed by atoms with van der Waals surface area (Å²) in [6.45, 7) is 6.94. The van der Waals surface area contributed by atoms with Crippen molar-refractivity contribution >= 4 is 21.4 Å². The minimum absolute atomic E-state index is 0. The summed E-state index contributed by atoms with van der Waals surface area (Å²) >= 11 is 0. The molecule has 0 unspecified atom stereocenters. The maximum Gasteiger partial charge on any atom is -0.0326 e. The van der Waals surface area contributed by atoms with Gasteiger partial charge in [-0.2, -0.15) is 13.5 Å². The monoisotopic (exact) mass is 236 g/mol. The highest BCUT2D eigenvalue weighted by Crippen LogP contribution is 2.38. The molecule has 0 fully saturated rings. The topological polar surface area (TPSA) is 0 Å². The Balaban J connectivity index is 0. The van der Waals surface area contributed by atoms with Crippen LogP contribution in [-0.2, 0) is 0 Å². The van der Waals surface area contributed by atoms with Crippen LogP contribution in [0.3, 0.4) is 0 Å². The fourth-order valence-electron chi connectivity index (χ4n) is 1.48. The molecule has 88 valence electrons. The van der Waals surface area contributed by atoms with Crippen LogP contribution in [0.25, 0.3) is 0 Å². The summed E-state index contributed by atoms with van der Waals surface area (Å²) in [5.41, 5.74) is 0. The van der Waals surface area contributed by atoms with Gasteiger partial charge in [0.1, 0.15) is 0 Å². The van der Waals surface area contributed by atoms with E-state index in [0.29, 0.717) is 7.92 Å². The van der Waals surface area contributed by atoms with Crippen LogP contribution < -0.4 is 0 Å². The van der Waals surface area contributed by atoms with Crippen molar-refractivity contribution in [2.45, 2.75) is 59.3 Å². The van der Waals surface area contributed by atoms with Gasteiger partial charge in [-0.25, -0.2) is 0 Å². The quantitative estimate of drug-likeness (QED) is 0.495. The molecular weight excluding hydrogens is 207 g/mol. The average Bonchev–Trinajstić information content (AvgIpc) is 2.17.